The van der Waals surface area contributed by atoms with Crippen molar-refractivity contribution in [1.82, 2.24) is 15.2 Å². The molecule has 11 heteroatoms. The number of aromatic nitrogens is 3. The Labute approximate surface area is 168 Å². The molecule has 2 aromatic rings. The lowest BCUT2D eigenvalue weighted by molar-refractivity contribution is -0.137. The lowest BCUT2D eigenvalue weighted by Crippen LogP contribution is -2.38. The molecular weight excluding hydrogens is 415 g/mol. The Hall–Kier alpha value is -1.94. The first kappa shape index (κ1) is 19.4. The maximum Gasteiger partial charge on any atom is 0.417 e. The largest absolute Gasteiger partial charge is 0.417 e. The number of nitrogens with one attached hydrogen (secondary N) is 1. The minimum absolute atomic E-state index is 0.0424. The van der Waals surface area contributed by atoms with Crippen LogP contribution in [0.5, 0.6) is 0 Å². The third-order valence-corrected chi connectivity index (χ3v) is 6.19. The number of hydrogen-bond donors (Lipinski definition) is 1. The molecule has 150 valence electrons. The molecule has 1 saturated heterocycles. The number of amides is 1. The summed E-state index contributed by atoms with van der Waals surface area (Å²) in [5.74, 6) is 0.501. The number of halogens is 4. The Kier molecular flexibility index (Phi) is 5.17. The van der Waals surface area contributed by atoms with Crippen molar-refractivity contribution < 1.29 is 18.0 Å². The van der Waals surface area contributed by atoms with Gasteiger partial charge in [-0.15, -0.1) is 10.2 Å². The summed E-state index contributed by atoms with van der Waals surface area (Å²) in [7, 11) is 0. The van der Waals surface area contributed by atoms with Gasteiger partial charge in [0.2, 0.25) is 11.0 Å². The van der Waals surface area contributed by atoms with Gasteiger partial charge >= 0.3 is 6.18 Å². The summed E-state index contributed by atoms with van der Waals surface area (Å²) in [6.45, 7) is 0.971. The number of piperidine rings is 1. The zero-order valence-corrected chi connectivity index (χ0v) is 16.2. The fourth-order valence-corrected chi connectivity index (χ4v) is 4.36. The van der Waals surface area contributed by atoms with Gasteiger partial charge in [0, 0.05) is 31.1 Å². The second-order valence-corrected chi connectivity index (χ2v) is 8.41. The Balaban J connectivity index is 1.34. The van der Waals surface area contributed by atoms with E-state index in [2.05, 4.69) is 20.5 Å². The molecule has 2 aromatic heterocycles. The molecule has 1 aliphatic carbocycles. The number of carbonyl (C=O) groups is 1. The number of pyridine rings is 1. The third-order valence-electron chi connectivity index (χ3n) is 4.91. The number of carbonyl (C=O) groups excluding carboxylic acids is 1. The average Bonchev–Trinajstić information content (AvgIpc) is 3.40. The molecule has 1 aliphatic heterocycles. The Morgan fingerprint density at radius 1 is 1.21 bits per heavy atom. The fraction of sp³-hybridized carbons (Fsp3) is 0.529. The third kappa shape index (κ3) is 4.22. The molecule has 0 radical (unpaired) electrons. The van der Waals surface area contributed by atoms with E-state index in [0.29, 0.717) is 42.8 Å². The van der Waals surface area contributed by atoms with Crippen molar-refractivity contribution in [2.24, 2.45) is 5.92 Å². The van der Waals surface area contributed by atoms with E-state index < -0.39 is 11.7 Å². The van der Waals surface area contributed by atoms with E-state index >= 15 is 0 Å². The number of hydrogen-bond acceptors (Lipinski definition) is 6. The van der Waals surface area contributed by atoms with Crippen LogP contribution < -0.4 is 10.2 Å². The van der Waals surface area contributed by atoms with Crippen molar-refractivity contribution in [2.75, 3.05) is 23.3 Å². The average molecular weight is 432 g/mol. The van der Waals surface area contributed by atoms with Crippen molar-refractivity contribution in [3.05, 3.63) is 27.9 Å². The molecule has 0 bridgehead atoms. The summed E-state index contributed by atoms with van der Waals surface area (Å²) in [4.78, 5) is 18.2. The maximum absolute atomic E-state index is 12.7. The number of rotatable bonds is 4. The Morgan fingerprint density at radius 2 is 1.93 bits per heavy atom. The summed E-state index contributed by atoms with van der Waals surface area (Å²) in [6, 6.07) is 0.885. The summed E-state index contributed by atoms with van der Waals surface area (Å²) < 4.78 is 38.2. The topological polar surface area (TPSA) is 71.0 Å². The van der Waals surface area contributed by atoms with Gasteiger partial charge in [-0.05, 0) is 31.7 Å². The van der Waals surface area contributed by atoms with E-state index in [4.69, 9.17) is 11.6 Å². The lowest BCUT2D eigenvalue weighted by atomic mass is 9.96. The highest BCUT2D eigenvalue weighted by Gasteiger charge is 2.33. The number of anilines is 2. The highest BCUT2D eigenvalue weighted by atomic mass is 35.5. The standard InChI is InChI=1S/C17H17ClF3N5OS/c18-12-7-11(17(19,20)21)8-22-13(12)26-5-3-9(4-6-26)14(27)23-16-25-24-15(28-16)10-1-2-10/h7-10H,1-6H2,(H,23,25,27). The van der Waals surface area contributed by atoms with Crippen LogP contribution in [0, 0.1) is 5.92 Å². The molecular formula is C17H17ClF3N5OS. The minimum atomic E-state index is -4.48. The van der Waals surface area contributed by atoms with Crippen LogP contribution in [0.2, 0.25) is 5.02 Å². The SMILES string of the molecule is O=C(Nc1nnc(C2CC2)s1)C1CCN(c2ncc(C(F)(F)F)cc2Cl)CC1. The van der Waals surface area contributed by atoms with Crippen LogP contribution >= 0.6 is 22.9 Å². The first-order valence-corrected chi connectivity index (χ1v) is 10.1. The second kappa shape index (κ2) is 7.47. The van der Waals surface area contributed by atoms with E-state index in [1.165, 1.54) is 11.3 Å². The molecule has 1 amide bonds. The highest BCUT2D eigenvalue weighted by molar-refractivity contribution is 7.15. The summed E-state index contributed by atoms with van der Waals surface area (Å²) in [5, 5.41) is 12.4. The van der Waals surface area contributed by atoms with Gasteiger partial charge in [0.05, 0.1) is 10.6 Å². The van der Waals surface area contributed by atoms with Gasteiger partial charge in [-0.2, -0.15) is 13.2 Å². The van der Waals surface area contributed by atoms with Crippen molar-refractivity contribution in [3.8, 4) is 0 Å². The number of alkyl halides is 3. The predicted molar refractivity (Wildman–Crippen MR) is 99.7 cm³/mol. The van der Waals surface area contributed by atoms with Gasteiger partial charge in [-0.3, -0.25) is 4.79 Å². The van der Waals surface area contributed by atoms with Crippen LogP contribution in [0.25, 0.3) is 0 Å². The minimum Gasteiger partial charge on any atom is -0.355 e. The zero-order chi connectivity index (χ0) is 19.9. The van der Waals surface area contributed by atoms with Crippen LogP contribution in [-0.4, -0.2) is 34.2 Å². The Morgan fingerprint density at radius 3 is 2.54 bits per heavy atom. The molecule has 0 spiro atoms. The molecule has 28 heavy (non-hydrogen) atoms. The molecule has 0 unspecified atom stereocenters. The van der Waals surface area contributed by atoms with E-state index in [1.807, 2.05) is 4.90 Å². The van der Waals surface area contributed by atoms with E-state index in [1.54, 1.807) is 0 Å². The smallest absolute Gasteiger partial charge is 0.355 e. The van der Waals surface area contributed by atoms with Crippen LogP contribution in [0.3, 0.4) is 0 Å². The van der Waals surface area contributed by atoms with Gasteiger partial charge in [0.15, 0.2) is 0 Å². The fourth-order valence-electron chi connectivity index (χ4n) is 3.16. The van der Waals surface area contributed by atoms with Crippen LogP contribution in [0.4, 0.5) is 24.1 Å². The van der Waals surface area contributed by atoms with Gasteiger partial charge < -0.3 is 10.2 Å². The molecule has 0 atom stereocenters. The van der Waals surface area contributed by atoms with Gasteiger partial charge in [-0.1, -0.05) is 22.9 Å². The van der Waals surface area contributed by atoms with Gasteiger partial charge in [0.1, 0.15) is 10.8 Å². The van der Waals surface area contributed by atoms with E-state index in [0.717, 1.165) is 30.1 Å². The first-order chi connectivity index (χ1) is 13.3. The van der Waals surface area contributed by atoms with Crippen molar-refractivity contribution >= 4 is 39.8 Å². The Bertz CT molecular complexity index is 878. The van der Waals surface area contributed by atoms with E-state index in [9.17, 15) is 18.0 Å². The van der Waals surface area contributed by atoms with E-state index in [-0.39, 0.29) is 16.8 Å². The first-order valence-electron chi connectivity index (χ1n) is 8.93. The summed E-state index contributed by atoms with van der Waals surface area (Å²) in [6.07, 6.45) is -0.335. The van der Waals surface area contributed by atoms with Gasteiger partial charge in [0.25, 0.3) is 0 Å². The molecule has 4 rings (SSSR count). The molecule has 3 heterocycles. The van der Waals surface area contributed by atoms with Crippen LogP contribution in [-0.2, 0) is 11.0 Å². The van der Waals surface area contributed by atoms with Crippen LogP contribution in [0.1, 0.15) is 42.2 Å². The normalized spacial score (nSPS) is 18.4. The van der Waals surface area contributed by atoms with Crippen molar-refractivity contribution in [1.29, 1.82) is 0 Å². The quantitative estimate of drug-likeness (QED) is 0.779. The molecule has 2 aliphatic rings. The molecule has 2 fully saturated rings. The molecule has 0 aromatic carbocycles. The van der Waals surface area contributed by atoms with Crippen molar-refractivity contribution in [2.45, 2.75) is 37.8 Å². The second-order valence-electron chi connectivity index (χ2n) is 7.00. The highest BCUT2D eigenvalue weighted by Crippen LogP contribution is 2.42. The van der Waals surface area contributed by atoms with Gasteiger partial charge in [-0.25, -0.2) is 4.98 Å². The summed E-state index contributed by atoms with van der Waals surface area (Å²) in [5.41, 5.74) is -0.877. The summed E-state index contributed by atoms with van der Waals surface area (Å²) >= 11 is 7.43. The maximum atomic E-state index is 12.7. The molecule has 1 N–H and O–H groups in total. The van der Waals surface area contributed by atoms with Crippen LogP contribution in [0.15, 0.2) is 12.3 Å². The number of nitrogens with zero attached hydrogens (tertiary/aromatic N) is 4. The lowest BCUT2D eigenvalue weighted by Gasteiger charge is -2.32. The molecule has 6 nitrogen and oxygen atoms in total. The van der Waals surface area contributed by atoms with Crippen molar-refractivity contribution in [3.63, 3.8) is 0 Å². The zero-order valence-electron chi connectivity index (χ0n) is 14.7. The monoisotopic (exact) mass is 431 g/mol. The molecule has 1 saturated carbocycles. The predicted octanol–water partition coefficient (Wildman–Crippen LogP) is 4.34.